The van der Waals surface area contributed by atoms with Crippen LogP contribution in [0.25, 0.3) is 0 Å². The zero-order valence-electron chi connectivity index (χ0n) is 9.19. The Morgan fingerprint density at radius 3 is 2.89 bits per heavy atom. The van der Waals surface area contributed by atoms with Crippen molar-refractivity contribution < 1.29 is 4.79 Å². The molecule has 2 nitrogen and oxygen atoms in total. The Bertz CT molecular complexity index is 581. The molecule has 1 N–H and O–H groups in total. The first kappa shape index (κ1) is 13.3. The summed E-state index contributed by atoms with van der Waals surface area (Å²) in [6.45, 7) is 0. The smallest absolute Gasteiger partial charge is 0.197 e. The molecule has 0 spiro atoms. The molecule has 0 atom stereocenters. The minimum Gasteiger partial charge on any atom is -0.362 e. The van der Waals surface area contributed by atoms with E-state index >= 15 is 0 Å². The van der Waals surface area contributed by atoms with Crippen molar-refractivity contribution in [1.82, 2.24) is 0 Å². The lowest BCUT2D eigenvalue weighted by Gasteiger charge is -2.02. The zero-order valence-corrected chi connectivity index (χ0v) is 12.3. The number of halogens is 2. The van der Waals surface area contributed by atoms with Crippen LogP contribution in [0.5, 0.6) is 0 Å². The molecule has 0 saturated carbocycles. The summed E-state index contributed by atoms with van der Waals surface area (Å²) in [6.07, 6.45) is 3.11. The lowest BCUT2D eigenvalue weighted by molar-refractivity contribution is 0.105. The topological polar surface area (TPSA) is 29.1 Å². The van der Waals surface area contributed by atoms with Gasteiger partial charge in [-0.05, 0) is 45.6 Å². The van der Waals surface area contributed by atoms with E-state index in [2.05, 4.69) is 21.2 Å². The number of anilines is 1. The summed E-state index contributed by atoms with van der Waals surface area (Å²) < 4.78 is 0.841. The van der Waals surface area contributed by atoms with Crippen LogP contribution in [0.1, 0.15) is 9.67 Å². The van der Waals surface area contributed by atoms with Gasteiger partial charge in [-0.15, -0.1) is 11.3 Å². The summed E-state index contributed by atoms with van der Waals surface area (Å²) >= 11 is 10.7. The zero-order chi connectivity index (χ0) is 13.0. The monoisotopic (exact) mass is 341 g/mol. The van der Waals surface area contributed by atoms with Crippen LogP contribution in [0, 0.1) is 0 Å². The van der Waals surface area contributed by atoms with Crippen LogP contribution in [0.3, 0.4) is 0 Å². The van der Waals surface area contributed by atoms with Crippen LogP contribution in [0.15, 0.2) is 52.5 Å². The molecule has 1 aromatic heterocycles. The van der Waals surface area contributed by atoms with E-state index in [1.54, 1.807) is 18.3 Å². The van der Waals surface area contributed by atoms with Gasteiger partial charge in [-0.1, -0.05) is 17.7 Å². The van der Waals surface area contributed by atoms with Gasteiger partial charge in [0.15, 0.2) is 5.78 Å². The molecule has 18 heavy (non-hydrogen) atoms. The van der Waals surface area contributed by atoms with Gasteiger partial charge in [0.2, 0.25) is 0 Å². The molecule has 2 rings (SSSR count). The average Bonchev–Trinajstić information content (AvgIpc) is 2.87. The molecule has 0 radical (unpaired) electrons. The minimum atomic E-state index is -0.0132. The number of thiophene rings is 1. The van der Waals surface area contributed by atoms with E-state index in [4.69, 9.17) is 11.6 Å². The summed E-state index contributed by atoms with van der Waals surface area (Å²) in [7, 11) is 0. The van der Waals surface area contributed by atoms with Gasteiger partial charge in [0.05, 0.1) is 9.90 Å². The minimum absolute atomic E-state index is 0.0132. The second-order valence-corrected chi connectivity index (χ2v) is 5.66. The summed E-state index contributed by atoms with van der Waals surface area (Å²) in [5.74, 6) is -0.0132. The van der Waals surface area contributed by atoms with Gasteiger partial charge in [0.25, 0.3) is 0 Å². The van der Waals surface area contributed by atoms with Gasteiger partial charge in [-0.3, -0.25) is 4.79 Å². The number of hydrogen-bond acceptors (Lipinski definition) is 3. The lowest BCUT2D eigenvalue weighted by Crippen LogP contribution is -1.93. The summed E-state index contributed by atoms with van der Waals surface area (Å²) in [5, 5.41) is 5.50. The number of nitrogens with one attached hydrogen (secondary N) is 1. The third kappa shape index (κ3) is 3.45. The highest BCUT2D eigenvalue weighted by molar-refractivity contribution is 9.10. The Balaban J connectivity index is 1.99. The highest BCUT2D eigenvalue weighted by Crippen LogP contribution is 2.25. The highest BCUT2D eigenvalue weighted by atomic mass is 79.9. The Kier molecular flexibility index (Phi) is 4.58. The fraction of sp³-hybridized carbons (Fsp3) is 0. The molecule has 5 heteroatoms. The molecule has 0 aliphatic heterocycles. The maximum absolute atomic E-state index is 11.7. The Hall–Kier alpha value is -1.10. The molecular weight excluding hydrogens is 334 g/mol. The number of carbonyl (C=O) groups is 1. The number of benzene rings is 1. The third-order valence-electron chi connectivity index (χ3n) is 2.17. The Morgan fingerprint density at radius 2 is 2.22 bits per heavy atom. The van der Waals surface area contributed by atoms with Crippen molar-refractivity contribution in [2.45, 2.75) is 0 Å². The van der Waals surface area contributed by atoms with Crippen molar-refractivity contribution in [2.24, 2.45) is 0 Å². The van der Waals surface area contributed by atoms with E-state index in [1.807, 2.05) is 23.6 Å². The number of hydrogen-bond donors (Lipinski definition) is 1. The lowest BCUT2D eigenvalue weighted by atomic mass is 10.3. The van der Waals surface area contributed by atoms with Gasteiger partial charge < -0.3 is 5.32 Å². The van der Waals surface area contributed by atoms with Gasteiger partial charge >= 0.3 is 0 Å². The van der Waals surface area contributed by atoms with Crippen LogP contribution in [0.2, 0.25) is 5.02 Å². The predicted octanol–water partition coefficient (Wildman–Crippen LogP) is 4.97. The first-order valence-electron chi connectivity index (χ1n) is 5.13. The average molecular weight is 343 g/mol. The molecule has 0 fully saturated rings. The Morgan fingerprint density at radius 1 is 1.39 bits per heavy atom. The van der Waals surface area contributed by atoms with Crippen molar-refractivity contribution in [3.05, 3.63) is 62.4 Å². The Labute approximate surface area is 122 Å². The SMILES string of the molecule is O=C(C=CNc1ccc(Br)c(Cl)c1)c1cccs1. The van der Waals surface area contributed by atoms with Gasteiger partial charge in [0.1, 0.15) is 0 Å². The molecule has 0 unspecified atom stereocenters. The van der Waals surface area contributed by atoms with Crippen LogP contribution in [-0.4, -0.2) is 5.78 Å². The molecule has 0 saturated heterocycles. The molecule has 0 amide bonds. The van der Waals surface area contributed by atoms with E-state index in [0.29, 0.717) is 5.02 Å². The van der Waals surface area contributed by atoms with Crippen LogP contribution >= 0.6 is 38.9 Å². The molecule has 0 bridgehead atoms. The number of carbonyl (C=O) groups excluding carboxylic acids is 1. The van der Waals surface area contributed by atoms with Crippen molar-refractivity contribution >= 4 is 50.3 Å². The predicted molar refractivity (Wildman–Crippen MR) is 80.6 cm³/mol. The second-order valence-electron chi connectivity index (χ2n) is 3.45. The number of allylic oxidation sites excluding steroid dienone is 1. The van der Waals surface area contributed by atoms with Crippen molar-refractivity contribution in [2.75, 3.05) is 5.32 Å². The molecule has 92 valence electrons. The van der Waals surface area contributed by atoms with Crippen LogP contribution in [0.4, 0.5) is 5.69 Å². The fourth-order valence-corrected chi connectivity index (χ4v) is 2.37. The van der Waals surface area contributed by atoms with E-state index in [9.17, 15) is 4.79 Å². The van der Waals surface area contributed by atoms with Crippen molar-refractivity contribution in [3.63, 3.8) is 0 Å². The van der Waals surface area contributed by atoms with E-state index in [-0.39, 0.29) is 5.78 Å². The first-order chi connectivity index (χ1) is 8.66. The number of ketones is 1. The second kappa shape index (κ2) is 6.18. The molecule has 1 aromatic carbocycles. The number of rotatable bonds is 4. The molecule has 2 aromatic rings. The molecule has 0 aliphatic carbocycles. The van der Waals surface area contributed by atoms with Gasteiger partial charge in [-0.25, -0.2) is 0 Å². The van der Waals surface area contributed by atoms with E-state index in [0.717, 1.165) is 15.0 Å². The van der Waals surface area contributed by atoms with Crippen LogP contribution < -0.4 is 5.32 Å². The largest absolute Gasteiger partial charge is 0.362 e. The fourth-order valence-electron chi connectivity index (χ4n) is 1.30. The van der Waals surface area contributed by atoms with E-state index in [1.165, 1.54) is 17.4 Å². The quantitative estimate of drug-likeness (QED) is 0.627. The highest BCUT2D eigenvalue weighted by Gasteiger charge is 2.01. The molecule has 1 heterocycles. The maximum Gasteiger partial charge on any atom is 0.197 e. The third-order valence-corrected chi connectivity index (χ3v) is 4.29. The molecule has 0 aliphatic rings. The summed E-state index contributed by atoms with van der Waals surface area (Å²) in [6, 6.07) is 9.16. The normalized spacial score (nSPS) is 10.8. The summed E-state index contributed by atoms with van der Waals surface area (Å²) in [5.41, 5.74) is 0.832. The van der Waals surface area contributed by atoms with Gasteiger partial charge in [-0.2, -0.15) is 0 Å². The molecular formula is C13H9BrClNOS. The summed E-state index contributed by atoms with van der Waals surface area (Å²) in [4.78, 5) is 12.4. The maximum atomic E-state index is 11.7. The van der Waals surface area contributed by atoms with Gasteiger partial charge in [0, 0.05) is 22.4 Å². The van der Waals surface area contributed by atoms with Crippen LogP contribution in [-0.2, 0) is 0 Å². The van der Waals surface area contributed by atoms with Crippen molar-refractivity contribution in [3.8, 4) is 0 Å². The van der Waals surface area contributed by atoms with Crippen molar-refractivity contribution in [1.29, 1.82) is 0 Å². The standard InChI is InChI=1S/C13H9BrClNOS/c14-10-4-3-9(8-11(10)15)16-6-5-12(17)13-2-1-7-18-13/h1-8,16H. The van der Waals surface area contributed by atoms with E-state index < -0.39 is 0 Å². The first-order valence-corrected chi connectivity index (χ1v) is 7.18.